The number of carboxylic acids is 2. The third-order valence-electron chi connectivity index (χ3n) is 2.08. The molecule has 0 atom stereocenters. The molecule has 0 aromatic heterocycles. The summed E-state index contributed by atoms with van der Waals surface area (Å²) >= 11 is 0. The first-order valence-electron chi connectivity index (χ1n) is 6.58. The normalized spacial score (nSPS) is 8.55. The molecule has 1 rings (SSSR count). The molecule has 114 valence electrons. The summed E-state index contributed by atoms with van der Waals surface area (Å²) in [6.07, 6.45) is 2.70. The largest absolute Gasteiger partial charge is 0.508 e. The Morgan fingerprint density at radius 1 is 0.900 bits per heavy atom. The summed E-state index contributed by atoms with van der Waals surface area (Å²) in [5.41, 5.74) is 1.29. The highest BCUT2D eigenvalue weighted by Gasteiger charge is 1.89. The maximum Gasteiger partial charge on any atom is 0.303 e. The van der Waals surface area contributed by atoms with Gasteiger partial charge in [-0.3, -0.25) is 9.59 Å². The van der Waals surface area contributed by atoms with Crippen molar-refractivity contribution in [2.45, 2.75) is 46.5 Å². The highest BCUT2D eigenvalue weighted by atomic mass is 16.4. The van der Waals surface area contributed by atoms with Crippen LogP contribution < -0.4 is 0 Å². The highest BCUT2D eigenvalue weighted by Crippen LogP contribution is 2.10. The Bertz CT molecular complexity index is 356. The van der Waals surface area contributed by atoms with Crippen LogP contribution >= 0.6 is 0 Å². The number of hydrogen-bond acceptors (Lipinski definition) is 3. The maximum atomic E-state index is 9.37. The Balaban J connectivity index is 0. The molecule has 0 saturated carbocycles. The molecule has 0 amide bonds. The van der Waals surface area contributed by atoms with Crippen LogP contribution in [0.2, 0.25) is 0 Å². The number of aromatic hydroxyl groups is 1. The van der Waals surface area contributed by atoms with Gasteiger partial charge in [0.2, 0.25) is 0 Å². The zero-order chi connectivity index (χ0) is 16.0. The van der Waals surface area contributed by atoms with Crippen LogP contribution in [0.1, 0.15) is 45.6 Å². The zero-order valence-electron chi connectivity index (χ0n) is 12.3. The smallest absolute Gasteiger partial charge is 0.303 e. The molecule has 0 unspecified atom stereocenters. The van der Waals surface area contributed by atoms with Crippen molar-refractivity contribution in [3.63, 3.8) is 0 Å². The monoisotopic (exact) mass is 284 g/mol. The molecule has 1 aromatic rings. The first-order valence-corrected chi connectivity index (χ1v) is 6.58. The molecule has 0 radical (unpaired) electrons. The van der Waals surface area contributed by atoms with E-state index in [1.807, 2.05) is 12.1 Å². The molecule has 0 aliphatic heterocycles. The topological polar surface area (TPSA) is 94.8 Å². The minimum atomic E-state index is -0.745. The van der Waals surface area contributed by atoms with Gasteiger partial charge in [-0.1, -0.05) is 39.3 Å². The molecule has 5 nitrogen and oxygen atoms in total. The van der Waals surface area contributed by atoms with E-state index in [1.54, 1.807) is 26.0 Å². The minimum absolute atomic E-state index is 0.222. The van der Waals surface area contributed by atoms with Gasteiger partial charge >= 0.3 is 11.9 Å². The summed E-state index contributed by atoms with van der Waals surface area (Å²) in [4.78, 5) is 18.7. The van der Waals surface area contributed by atoms with E-state index in [-0.39, 0.29) is 12.8 Å². The number of aryl methyl sites for hydroxylation is 1. The van der Waals surface area contributed by atoms with Gasteiger partial charge in [-0.2, -0.15) is 0 Å². The molecular formula is C15H24O5. The van der Waals surface area contributed by atoms with Crippen LogP contribution in [0, 0.1) is 0 Å². The van der Waals surface area contributed by atoms with Crippen molar-refractivity contribution in [3.05, 3.63) is 29.8 Å². The van der Waals surface area contributed by atoms with E-state index in [9.17, 15) is 9.59 Å². The fourth-order valence-electron chi connectivity index (χ4n) is 0.951. The van der Waals surface area contributed by atoms with E-state index in [0.717, 1.165) is 12.8 Å². The lowest BCUT2D eigenvalue weighted by molar-refractivity contribution is -0.137. The zero-order valence-corrected chi connectivity index (χ0v) is 12.3. The van der Waals surface area contributed by atoms with Crippen LogP contribution in [0.15, 0.2) is 24.3 Å². The van der Waals surface area contributed by atoms with Crippen molar-refractivity contribution in [2.75, 3.05) is 0 Å². The van der Waals surface area contributed by atoms with E-state index < -0.39 is 11.9 Å². The van der Waals surface area contributed by atoms with Crippen LogP contribution in [0.4, 0.5) is 0 Å². The van der Waals surface area contributed by atoms with Crippen molar-refractivity contribution in [2.24, 2.45) is 0 Å². The molecule has 0 bridgehead atoms. The van der Waals surface area contributed by atoms with Crippen LogP contribution in [-0.2, 0) is 16.0 Å². The van der Waals surface area contributed by atoms with Gasteiger partial charge in [-0.15, -0.1) is 0 Å². The average molecular weight is 284 g/mol. The van der Waals surface area contributed by atoms with E-state index in [2.05, 4.69) is 6.92 Å². The molecule has 20 heavy (non-hydrogen) atoms. The lowest BCUT2D eigenvalue weighted by Crippen LogP contribution is -1.86. The maximum absolute atomic E-state index is 9.37. The summed E-state index contributed by atoms with van der Waals surface area (Å²) in [6, 6.07) is 7.37. The van der Waals surface area contributed by atoms with Gasteiger partial charge in [-0.05, 0) is 24.1 Å². The second-order valence-corrected chi connectivity index (χ2v) is 3.91. The molecule has 0 spiro atoms. The van der Waals surface area contributed by atoms with Crippen molar-refractivity contribution >= 4 is 11.9 Å². The lowest BCUT2D eigenvalue weighted by atomic mass is 10.1. The third kappa shape index (κ3) is 16.0. The Kier molecular flexibility index (Phi) is 13.6. The molecule has 0 aliphatic carbocycles. The quantitative estimate of drug-likeness (QED) is 0.788. The molecule has 1 aromatic carbocycles. The molecule has 0 fully saturated rings. The number of aliphatic carboxylic acids is 2. The predicted molar refractivity (Wildman–Crippen MR) is 78.0 cm³/mol. The van der Waals surface area contributed by atoms with E-state index in [4.69, 9.17) is 15.3 Å². The van der Waals surface area contributed by atoms with Crippen LogP contribution in [0.5, 0.6) is 5.75 Å². The number of phenolic OH excluding ortho intramolecular Hbond substituents is 1. The lowest BCUT2D eigenvalue weighted by Gasteiger charge is -1.96. The molecule has 0 heterocycles. The van der Waals surface area contributed by atoms with Gasteiger partial charge in [0.1, 0.15) is 5.75 Å². The van der Waals surface area contributed by atoms with Gasteiger partial charge < -0.3 is 15.3 Å². The Labute approximate surface area is 119 Å². The van der Waals surface area contributed by atoms with Gasteiger partial charge in [0.05, 0.1) is 0 Å². The number of benzene rings is 1. The van der Waals surface area contributed by atoms with E-state index in [0.29, 0.717) is 5.75 Å². The van der Waals surface area contributed by atoms with Gasteiger partial charge in [0.25, 0.3) is 0 Å². The number of phenols is 1. The fraction of sp³-hybridized carbons (Fsp3) is 0.467. The Morgan fingerprint density at radius 3 is 1.50 bits per heavy atom. The Morgan fingerprint density at radius 2 is 1.25 bits per heavy atom. The van der Waals surface area contributed by atoms with Crippen molar-refractivity contribution in [1.29, 1.82) is 0 Å². The first-order chi connectivity index (χ1) is 9.37. The standard InChI is InChI=1S/C9H12O.2C3H6O2/c1-2-3-8-4-6-9(10)7-5-8;2*1-2-3(4)5/h4-7,10H,2-3H2,1H3;2*2H2,1H3,(H,4,5). The summed E-state index contributed by atoms with van der Waals surface area (Å²) in [5, 5.41) is 24.4. The molecule has 0 aliphatic rings. The average Bonchev–Trinajstić information content (AvgIpc) is 2.43. The molecule has 5 heteroatoms. The fourth-order valence-corrected chi connectivity index (χ4v) is 0.951. The van der Waals surface area contributed by atoms with Crippen molar-refractivity contribution in [3.8, 4) is 5.75 Å². The molecule has 3 N–H and O–H groups in total. The van der Waals surface area contributed by atoms with Gasteiger partial charge in [-0.25, -0.2) is 0 Å². The van der Waals surface area contributed by atoms with Crippen LogP contribution in [0.25, 0.3) is 0 Å². The third-order valence-corrected chi connectivity index (χ3v) is 2.08. The molecule has 0 saturated heterocycles. The van der Waals surface area contributed by atoms with Crippen LogP contribution in [-0.4, -0.2) is 27.3 Å². The SMILES string of the molecule is CCC(=O)O.CCC(=O)O.CCCc1ccc(O)cc1. The minimum Gasteiger partial charge on any atom is -0.508 e. The summed E-state index contributed by atoms with van der Waals surface area (Å²) in [5.74, 6) is -1.14. The predicted octanol–water partition coefficient (Wildman–Crippen LogP) is 3.31. The summed E-state index contributed by atoms with van der Waals surface area (Å²) < 4.78 is 0. The van der Waals surface area contributed by atoms with Gasteiger partial charge in [0, 0.05) is 12.8 Å². The van der Waals surface area contributed by atoms with E-state index >= 15 is 0 Å². The summed E-state index contributed by atoms with van der Waals surface area (Å²) in [7, 11) is 0. The summed E-state index contributed by atoms with van der Waals surface area (Å²) in [6.45, 7) is 5.34. The second kappa shape index (κ2) is 13.4. The molecular weight excluding hydrogens is 260 g/mol. The number of hydrogen-bond donors (Lipinski definition) is 3. The number of carbonyl (C=O) groups is 2. The van der Waals surface area contributed by atoms with Crippen LogP contribution in [0.3, 0.4) is 0 Å². The van der Waals surface area contributed by atoms with Crippen molar-refractivity contribution in [1.82, 2.24) is 0 Å². The number of rotatable bonds is 4. The Hall–Kier alpha value is -2.04. The second-order valence-electron chi connectivity index (χ2n) is 3.91. The van der Waals surface area contributed by atoms with Gasteiger partial charge in [0.15, 0.2) is 0 Å². The number of carboxylic acid groups (broad SMARTS) is 2. The van der Waals surface area contributed by atoms with E-state index in [1.165, 1.54) is 5.56 Å². The van der Waals surface area contributed by atoms with Crippen molar-refractivity contribution < 1.29 is 24.9 Å². The first kappa shape index (κ1) is 20.3. The highest BCUT2D eigenvalue weighted by molar-refractivity contribution is 5.66.